The summed E-state index contributed by atoms with van der Waals surface area (Å²) in [5.41, 5.74) is 6.69. The van der Waals surface area contributed by atoms with Crippen LogP contribution in [0.3, 0.4) is 0 Å². The van der Waals surface area contributed by atoms with Gasteiger partial charge in [0.15, 0.2) is 0 Å². The molecule has 4 N–H and O–H groups in total. The van der Waals surface area contributed by atoms with Crippen LogP contribution in [0.5, 0.6) is 0 Å². The third-order valence-corrected chi connectivity index (χ3v) is 4.92. The lowest BCUT2D eigenvalue weighted by Crippen LogP contribution is -2.13. The number of amides is 1. The van der Waals surface area contributed by atoms with Gasteiger partial charge in [0.1, 0.15) is 0 Å². The van der Waals surface area contributed by atoms with E-state index in [0.29, 0.717) is 12.2 Å². The number of hydrogen-bond donors (Lipinski definition) is 3. The lowest BCUT2D eigenvalue weighted by atomic mass is 10.2. The molecule has 21 heavy (non-hydrogen) atoms. The van der Waals surface area contributed by atoms with Crippen LogP contribution < -0.4 is 15.8 Å². The molecule has 0 aliphatic carbocycles. The van der Waals surface area contributed by atoms with E-state index in [1.807, 2.05) is 0 Å². The molecule has 0 aliphatic heterocycles. The monoisotopic (exact) mass is 327 g/mol. The van der Waals surface area contributed by atoms with Gasteiger partial charge in [-0.3, -0.25) is 9.52 Å². The molecule has 10 heteroatoms. The Balaban J connectivity index is 2.21. The first-order valence-corrected chi connectivity index (χ1v) is 8.13. The van der Waals surface area contributed by atoms with Gasteiger partial charge in [0.05, 0.1) is 0 Å². The zero-order valence-corrected chi connectivity index (χ0v) is 12.7. The van der Waals surface area contributed by atoms with Crippen LogP contribution in [0.15, 0.2) is 28.6 Å². The Hall–Kier alpha value is -2.04. The van der Waals surface area contributed by atoms with E-state index in [4.69, 9.17) is 5.73 Å². The zero-order chi connectivity index (χ0) is 15.5. The molecule has 2 rings (SSSR count). The maximum Gasteiger partial charge on any atom is 0.291 e. The summed E-state index contributed by atoms with van der Waals surface area (Å²) >= 11 is 0.768. The van der Waals surface area contributed by atoms with E-state index >= 15 is 0 Å². The number of nitrogens with two attached hydrogens (primary N) is 1. The standard InChI is InChI=1S/C11H13N5O3S2/c1-7(17)13-10-14-15-11(20-10)21(18,19)16-9-4-2-3-8(5-9)6-12/h2-5,16H,6,12H2,1H3,(H,13,14,17). The van der Waals surface area contributed by atoms with Crippen molar-refractivity contribution in [3.63, 3.8) is 0 Å². The van der Waals surface area contributed by atoms with Crippen LogP contribution >= 0.6 is 11.3 Å². The van der Waals surface area contributed by atoms with Gasteiger partial charge in [0, 0.05) is 19.2 Å². The molecule has 1 heterocycles. The predicted octanol–water partition coefficient (Wildman–Crippen LogP) is 0.756. The highest BCUT2D eigenvalue weighted by Crippen LogP contribution is 2.22. The third kappa shape index (κ3) is 3.97. The van der Waals surface area contributed by atoms with E-state index in [9.17, 15) is 13.2 Å². The first kappa shape index (κ1) is 15.4. The minimum atomic E-state index is -3.85. The summed E-state index contributed by atoms with van der Waals surface area (Å²) in [7, 11) is -3.85. The Kier molecular flexibility index (Phi) is 4.50. The first-order chi connectivity index (χ1) is 9.90. The van der Waals surface area contributed by atoms with Crippen molar-refractivity contribution in [1.82, 2.24) is 10.2 Å². The van der Waals surface area contributed by atoms with E-state index < -0.39 is 10.0 Å². The van der Waals surface area contributed by atoms with Gasteiger partial charge in [0.25, 0.3) is 14.4 Å². The average Bonchev–Trinajstić information content (AvgIpc) is 2.87. The molecule has 112 valence electrons. The van der Waals surface area contributed by atoms with Crippen molar-refractivity contribution >= 4 is 38.1 Å². The molecule has 0 radical (unpaired) electrons. The van der Waals surface area contributed by atoms with Crippen molar-refractivity contribution in [3.05, 3.63) is 29.8 Å². The molecule has 0 spiro atoms. The first-order valence-electron chi connectivity index (χ1n) is 5.83. The molecule has 0 bridgehead atoms. The van der Waals surface area contributed by atoms with Crippen molar-refractivity contribution in [1.29, 1.82) is 0 Å². The maximum atomic E-state index is 12.2. The zero-order valence-electron chi connectivity index (χ0n) is 11.0. The molecule has 0 unspecified atom stereocenters. The summed E-state index contributed by atoms with van der Waals surface area (Å²) in [6, 6.07) is 6.72. The van der Waals surface area contributed by atoms with Crippen LogP contribution in [0.4, 0.5) is 10.8 Å². The predicted molar refractivity (Wildman–Crippen MR) is 79.4 cm³/mol. The fourth-order valence-electron chi connectivity index (χ4n) is 1.48. The summed E-state index contributed by atoms with van der Waals surface area (Å²) in [4.78, 5) is 10.9. The van der Waals surface area contributed by atoms with Crippen LogP contribution in [-0.2, 0) is 21.4 Å². The molecule has 2 aromatic rings. The van der Waals surface area contributed by atoms with Gasteiger partial charge in [-0.1, -0.05) is 23.5 Å². The van der Waals surface area contributed by atoms with Gasteiger partial charge >= 0.3 is 0 Å². The van der Waals surface area contributed by atoms with E-state index in [0.717, 1.165) is 16.9 Å². The van der Waals surface area contributed by atoms with Gasteiger partial charge in [-0.25, -0.2) is 0 Å². The summed E-state index contributed by atoms with van der Waals surface area (Å²) in [6.07, 6.45) is 0. The number of nitrogens with one attached hydrogen (secondary N) is 2. The van der Waals surface area contributed by atoms with Gasteiger partial charge in [0.2, 0.25) is 11.0 Å². The van der Waals surface area contributed by atoms with Crippen LogP contribution in [-0.4, -0.2) is 24.5 Å². The minimum Gasteiger partial charge on any atom is -0.326 e. The Morgan fingerprint density at radius 2 is 2.14 bits per heavy atom. The fraction of sp³-hybridized carbons (Fsp3) is 0.182. The largest absolute Gasteiger partial charge is 0.326 e. The fourth-order valence-corrected chi connectivity index (χ4v) is 3.48. The van der Waals surface area contributed by atoms with E-state index in [-0.39, 0.29) is 15.4 Å². The number of benzene rings is 1. The van der Waals surface area contributed by atoms with E-state index in [2.05, 4.69) is 20.2 Å². The van der Waals surface area contributed by atoms with Gasteiger partial charge in [-0.05, 0) is 17.7 Å². The number of aromatic nitrogens is 2. The topological polar surface area (TPSA) is 127 Å². The number of hydrogen-bond acceptors (Lipinski definition) is 7. The van der Waals surface area contributed by atoms with Crippen LogP contribution in [0.25, 0.3) is 0 Å². The molecule has 0 saturated heterocycles. The van der Waals surface area contributed by atoms with Crippen molar-refractivity contribution in [2.75, 3.05) is 10.0 Å². The lowest BCUT2D eigenvalue weighted by Gasteiger charge is -2.06. The SMILES string of the molecule is CC(=O)Nc1nnc(S(=O)(=O)Nc2cccc(CN)c2)s1. The second-order valence-corrected chi connectivity index (χ2v) is 6.90. The summed E-state index contributed by atoms with van der Waals surface area (Å²) in [5.74, 6) is -0.348. The van der Waals surface area contributed by atoms with Gasteiger partial charge in [-0.15, -0.1) is 10.2 Å². The molecule has 8 nitrogen and oxygen atoms in total. The van der Waals surface area contributed by atoms with E-state index in [1.165, 1.54) is 6.92 Å². The van der Waals surface area contributed by atoms with Crippen LogP contribution in [0, 0.1) is 0 Å². The average molecular weight is 327 g/mol. The highest BCUT2D eigenvalue weighted by molar-refractivity contribution is 7.94. The molecule has 1 aromatic carbocycles. The van der Waals surface area contributed by atoms with Gasteiger partial charge < -0.3 is 11.1 Å². The third-order valence-electron chi connectivity index (χ3n) is 2.33. The Morgan fingerprint density at radius 3 is 2.81 bits per heavy atom. The van der Waals surface area contributed by atoms with Crippen molar-refractivity contribution in [2.45, 2.75) is 17.8 Å². The van der Waals surface area contributed by atoms with Crippen molar-refractivity contribution in [3.8, 4) is 0 Å². The molecule has 0 aliphatic rings. The smallest absolute Gasteiger partial charge is 0.291 e. The number of rotatable bonds is 5. The van der Waals surface area contributed by atoms with E-state index in [1.54, 1.807) is 24.3 Å². The number of carbonyl (C=O) groups excluding carboxylic acids is 1. The number of carbonyl (C=O) groups is 1. The molecule has 0 atom stereocenters. The number of anilines is 2. The maximum absolute atomic E-state index is 12.2. The Bertz CT molecular complexity index is 757. The summed E-state index contributed by atoms with van der Waals surface area (Å²) < 4.78 is 26.5. The number of sulfonamides is 1. The van der Waals surface area contributed by atoms with Crippen molar-refractivity contribution in [2.24, 2.45) is 5.73 Å². The Morgan fingerprint density at radius 1 is 1.38 bits per heavy atom. The number of nitrogens with zero attached hydrogens (tertiary/aromatic N) is 2. The van der Waals surface area contributed by atoms with Crippen LogP contribution in [0.1, 0.15) is 12.5 Å². The summed E-state index contributed by atoms with van der Waals surface area (Å²) in [6.45, 7) is 1.60. The second kappa shape index (κ2) is 6.16. The minimum absolute atomic E-state index is 0.124. The van der Waals surface area contributed by atoms with Gasteiger partial charge in [-0.2, -0.15) is 8.42 Å². The second-order valence-electron chi connectivity index (χ2n) is 4.06. The molecule has 0 fully saturated rings. The molecular weight excluding hydrogens is 314 g/mol. The molecule has 1 amide bonds. The highest BCUT2D eigenvalue weighted by atomic mass is 32.2. The Labute approximate surface area is 125 Å². The van der Waals surface area contributed by atoms with Crippen LogP contribution in [0.2, 0.25) is 0 Å². The normalized spacial score (nSPS) is 11.1. The lowest BCUT2D eigenvalue weighted by molar-refractivity contribution is -0.114. The quantitative estimate of drug-likeness (QED) is 0.696. The summed E-state index contributed by atoms with van der Waals surface area (Å²) in [5, 5.41) is 9.65. The molecular formula is C11H13N5O3S2. The molecule has 1 aromatic heterocycles. The molecule has 0 saturated carbocycles. The highest BCUT2D eigenvalue weighted by Gasteiger charge is 2.20. The van der Waals surface area contributed by atoms with Crippen molar-refractivity contribution < 1.29 is 13.2 Å².